The van der Waals surface area contributed by atoms with Crippen LogP contribution >= 0.6 is 11.3 Å². The predicted octanol–water partition coefficient (Wildman–Crippen LogP) is 5.52. The van der Waals surface area contributed by atoms with Gasteiger partial charge in [0, 0.05) is 25.0 Å². The Labute approximate surface area is 184 Å². The molecule has 0 saturated heterocycles. The number of amides is 1. The second-order valence-corrected chi connectivity index (χ2v) is 8.08. The van der Waals surface area contributed by atoms with Gasteiger partial charge in [0.25, 0.3) is 5.91 Å². The van der Waals surface area contributed by atoms with Crippen LogP contribution in [0.5, 0.6) is 0 Å². The molecule has 0 spiro atoms. The van der Waals surface area contributed by atoms with Crippen molar-refractivity contribution in [1.29, 1.82) is 0 Å². The third-order valence-electron chi connectivity index (χ3n) is 5.10. The molecule has 0 aliphatic rings. The lowest BCUT2D eigenvalue weighted by Gasteiger charge is -2.23. The number of rotatable bonds is 7. The number of aromatic nitrogens is 2. The standard InChI is InChI=1S/C24H23FN4OS/c1-3-28(4-2)22-14-9-17(15-26-22)16-29(19-12-10-18(25)11-13-19)24(30)23-27-20-7-5-6-8-21(20)31-23/h5-15H,3-4,16H2,1-2H3. The van der Waals surface area contributed by atoms with Crippen LogP contribution in [0.2, 0.25) is 0 Å². The molecule has 5 nitrogen and oxygen atoms in total. The molecule has 0 aliphatic heterocycles. The fourth-order valence-electron chi connectivity index (χ4n) is 3.41. The molecule has 4 rings (SSSR count). The number of nitrogens with zero attached hydrogens (tertiary/aromatic N) is 4. The van der Waals surface area contributed by atoms with Gasteiger partial charge in [-0.25, -0.2) is 14.4 Å². The SMILES string of the molecule is CCN(CC)c1ccc(CN(C(=O)c2nc3ccccc3s2)c2ccc(F)cc2)cn1. The zero-order valence-electron chi connectivity index (χ0n) is 17.5. The largest absolute Gasteiger partial charge is 0.357 e. The third-order valence-corrected chi connectivity index (χ3v) is 6.12. The molecule has 0 N–H and O–H groups in total. The van der Waals surface area contributed by atoms with Gasteiger partial charge in [-0.2, -0.15) is 0 Å². The number of carbonyl (C=O) groups excluding carboxylic acids is 1. The minimum Gasteiger partial charge on any atom is -0.357 e. The minimum absolute atomic E-state index is 0.222. The molecular formula is C24H23FN4OS. The molecule has 0 atom stereocenters. The van der Waals surface area contributed by atoms with Gasteiger partial charge in [0.05, 0.1) is 16.8 Å². The van der Waals surface area contributed by atoms with Gasteiger partial charge in [-0.05, 0) is 61.9 Å². The van der Waals surface area contributed by atoms with Crippen molar-refractivity contribution in [2.45, 2.75) is 20.4 Å². The molecular weight excluding hydrogens is 411 g/mol. The van der Waals surface area contributed by atoms with Crippen molar-refractivity contribution in [2.75, 3.05) is 22.9 Å². The molecule has 0 saturated carbocycles. The maximum absolute atomic E-state index is 13.5. The van der Waals surface area contributed by atoms with E-state index in [9.17, 15) is 9.18 Å². The van der Waals surface area contributed by atoms with Gasteiger partial charge in [0.1, 0.15) is 11.6 Å². The number of fused-ring (bicyclic) bond motifs is 1. The van der Waals surface area contributed by atoms with E-state index in [4.69, 9.17) is 0 Å². The molecule has 2 aromatic carbocycles. The Balaban J connectivity index is 1.66. The van der Waals surface area contributed by atoms with Crippen LogP contribution in [0.4, 0.5) is 15.9 Å². The van der Waals surface area contributed by atoms with Crippen molar-refractivity contribution in [1.82, 2.24) is 9.97 Å². The predicted molar refractivity (Wildman–Crippen MR) is 124 cm³/mol. The second-order valence-electron chi connectivity index (χ2n) is 7.05. The maximum atomic E-state index is 13.5. The second kappa shape index (κ2) is 9.22. The Morgan fingerprint density at radius 3 is 2.39 bits per heavy atom. The Kier molecular flexibility index (Phi) is 6.23. The van der Waals surface area contributed by atoms with Gasteiger partial charge >= 0.3 is 0 Å². The first kappa shape index (κ1) is 20.9. The quantitative estimate of drug-likeness (QED) is 0.384. The van der Waals surface area contributed by atoms with E-state index in [1.54, 1.807) is 23.2 Å². The number of thiazole rings is 1. The minimum atomic E-state index is -0.346. The molecule has 7 heteroatoms. The first-order valence-corrected chi connectivity index (χ1v) is 11.0. The summed E-state index contributed by atoms with van der Waals surface area (Å²) in [5.41, 5.74) is 2.29. The molecule has 2 aromatic heterocycles. The maximum Gasteiger partial charge on any atom is 0.287 e. The number of hydrogen-bond donors (Lipinski definition) is 0. The normalized spacial score (nSPS) is 10.9. The van der Waals surface area contributed by atoms with Crippen LogP contribution in [0, 0.1) is 5.82 Å². The first-order valence-electron chi connectivity index (χ1n) is 10.2. The highest BCUT2D eigenvalue weighted by atomic mass is 32.1. The summed E-state index contributed by atoms with van der Waals surface area (Å²) in [6.45, 7) is 6.24. The van der Waals surface area contributed by atoms with Crippen molar-refractivity contribution >= 4 is 39.0 Å². The number of anilines is 2. The monoisotopic (exact) mass is 434 g/mol. The Bertz CT molecular complexity index is 1140. The van der Waals surface area contributed by atoms with Crippen LogP contribution in [0.25, 0.3) is 10.2 Å². The summed E-state index contributed by atoms with van der Waals surface area (Å²) in [5, 5.41) is 0.401. The number of para-hydroxylation sites is 1. The Morgan fingerprint density at radius 1 is 1.00 bits per heavy atom. The van der Waals surface area contributed by atoms with E-state index in [0.29, 0.717) is 17.2 Å². The molecule has 4 aromatic rings. The van der Waals surface area contributed by atoms with Gasteiger partial charge in [-0.1, -0.05) is 18.2 Å². The zero-order chi connectivity index (χ0) is 21.8. The Morgan fingerprint density at radius 2 is 1.74 bits per heavy atom. The van der Waals surface area contributed by atoms with Crippen molar-refractivity contribution in [3.8, 4) is 0 Å². The number of hydrogen-bond acceptors (Lipinski definition) is 5. The van der Waals surface area contributed by atoms with Crippen LogP contribution in [0.3, 0.4) is 0 Å². The van der Waals surface area contributed by atoms with E-state index in [1.165, 1.54) is 23.5 Å². The van der Waals surface area contributed by atoms with Crippen molar-refractivity contribution < 1.29 is 9.18 Å². The summed E-state index contributed by atoms with van der Waals surface area (Å²) in [6.07, 6.45) is 1.79. The van der Waals surface area contributed by atoms with E-state index in [0.717, 1.165) is 34.7 Å². The molecule has 31 heavy (non-hydrogen) atoms. The molecule has 0 unspecified atom stereocenters. The molecule has 1 amide bonds. The fourth-order valence-corrected chi connectivity index (χ4v) is 4.32. The smallest absolute Gasteiger partial charge is 0.287 e. The molecule has 0 aliphatic carbocycles. The van der Waals surface area contributed by atoms with E-state index in [-0.39, 0.29) is 11.7 Å². The van der Waals surface area contributed by atoms with Crippen LogP contribution in [0.15, 0.2) is 66.9 Å². The van der Waals surface area contributed by atoms with Gasteiger partial charge < -0.3 is 9.80 Å². The van der Waals surface area contributed by atoms with E-state index in [1.807, 2.05) is 36.4 Å². The number of carbonyl (C=O) groups is 1. The number of pyridine rings is 1. The Hall–Kier alpha value is -3.32. The van der Waals surface area contributed by atoms with Gasteiger partial charge in [-0.15, -0.1) is 11.3 Å². The highest BCUT2D eigenvalue weighted by Gasteiger charge is 2.22. The zero-order valence-corrected chi connectivity index (χ0v) is 18.3. The topological polar surface area (TPSA) is 49.3 Å². The molecule has 0 radical (unpaired) electrons. The summed E-state index contributed by atoms with van der Waals surface area (Å²) in [7, 11) is 0. The molecule has 0 fully saturated rings. The van der Waals surface area contributed by atoms with Crippen molar-refractivity contribution in [3.63, 3.8) is 0 Å². The highest BCUT2D eigenvalue weighted by molar-refractivity contribution is 7.20. The number of halogens is 1. The van der Waals surface area contributed by atoms with Crippen LogP contribution in [-0.4, -0.2) is 29.0 Å². The molecule has 0 bridgehead atoms. The molecule has 2 heterocycles. The fraction of sp³-hybridized carbons (Fsp3) is 0.208. The van der Waals surface area contributed by atoms with Crippen molar-refractivity contribution in [3.05, 3.63) is 83.2 Å². The lowest BCUT2D eigenvalue weighted by atomic mass is 10.2. The number of benzene rings is 2. The lowest BCUT2D eigenvalue weighted by Crippen LogP contribution is -2.30. The average molecular weight is 435 g/mol. The molecule has 158 valence electrons. The van der Waals surface area contributed by atoms with Crippen LogP contribution in [-0.2, 0) is 6.54 Å². The van der Waals surface area contributed by atoms with Gasteiger partial charge in [-0.3, -0.25) is 4.79 Å². The lowest BCUT2D eigenvalue weighted by molar-refractivity contribution is 0.0985. The first-order chi connectivity index (χ1) is 15.1. The highest BCUT2D eigenvalue weighted by Crippen LogP contribution is 2.26. The van der Waals surface area contributed by atoms with Crippen LogP contribution < -0.4 is 9.80 Å². The van der Waals surface area contributed by atoms with Crippen LogP contribution in [0.1, 0.15) is 29.2 Å². The van der Waals surface area contributed by atoms with E-state index >= 15 is 0 Å². The summed E-state index contributed by atoms with van der Waals surface area (Å²) >= 11 is 1.36. The summed E-state index contributed by atoms with van der Waals surface area (Å²) in [5.74, 6) is 0.335. The third kappa shape index (κ3) is 4.56. The van der Waals surface area contributed by atoms with Crippen molar-refractivity contribution in [2.24, 2.45) is 0 Å². The average Bonchev–Trinajstić information content (AvgIpc) is 3.24. The summed E-state index contributed by atoms with van der Waals surface area (Å²) < 4.78 is 14.5. The van der Waals surface area contributed by atoms with Gasteiger partial charge in [0.2, 0.25) is 0 Å². The van der Waals surface area contributed by atoms with E-state index < -0.39 is 0 Å². The van der Waals surface area contributed by atoms with Gasteiger partial charge in [0.15, 0.2) is 5.01 Å². The summed E-state index contributed by atoms with van der Waals surface area (Å²) in [4.78, 5) is 26.3. The van der Waals surface area contributed by atoms with E-state index in [2.05, 4.69) is 28.7 Å². The summed E-state index contributed by atoms with van der Waals surface area (Å²) in [6, 6.07) is 17.5.